The summed E-state index contributed by atoms with van der Waals surface area (Å²) in [7, 11) is 0. The molecule has 0 aromatic rings. The molecule has 0 aliphatic rings. The Morgan fingerprint density at radius 3 is 2.67 bits per heavy atom. The van der Waals surface area contributed by atoms with Crippen LogP contribution in [0, 0.1) is 0 Å². The van der Waals surface area contributed by atoms with E-state index in [1.165, 1.54) is 6.08 Å². The molecule has 0 saturated carbocycles. The van der Waals surface area contributed by atoms with E-state index in [-0.39, 0.29) is 6.61 Å². The molecule has 0 spiro atoms. The Morgan fingerprint density at radius 2 is 2.33 bits per heavy atom. The van der Waals surface area contributed by atoms with E-state index < -0.39 is 12.0 Å². The summed E-state index contributed by atoms with van der Waals surface area (Å²) < 4.78 is 27.7. The van der Waals surface area contributed by atoms with E-state index in [1.54, 1.807) is 0 Å². The SMILES string of the molecule is C=CCOC(F)(Cl)CF. The Kier molecular flexibility index (Phi) is 3.73. The van der Waals surface area contributed by atoms with Crippen molar-refractivity contribution in [2.75, 3.05) is 13.3 Å². The highest BCUT2D eigenvalue weighted by molar-refractivity contribution is 6.21. The lowest BCUT2D eigenvalue weighted by atomic mass is 10.7. The average molecular weight is 157 g/mol. The van der Waals surface area contributed by atoms with Gasteiger partial charge in [0.2, 0.25) is 0 Å². The number of ether oxygens (including phenoxy) is 1. The van der Waals surface area contributed by atoms with Crippen LogP contribution in [0.25, 0.3) is 0 Å². The fraction of sp³-hybridized carbons (Fsp3) is 0.600. The van der Waals surface area contributed by atoms with Crippen molar-refractivity contribution in [1.82, 2.24) is 0 Å². The number of alkyl halides is 3. The summed E-state index contributed by atoms with van der Waals surface area (Å²) in [5.74, 6) is 0. The predicted molar refractivity (Wildman–Crippen MR) is 31.8 cm³/mol. The first-order valence-corrected chi connectivity index (χ1v) is 2.69. The third-order valence-corrected chi connectivity index (χ3v) is 0.778. The van der Waals surface area contributed by atoms with Crippen LogP contribution in [0.1, 0.15) is 0 Å². The number of hydrogen-bond acceptors (Lipinski definition) is 1. The first kappa shape index (κ1) is 8.85. The molecule has 9 heavy (non-hydrogen) atoms. The molecule has 1 nitrogen and oxygen atoms in total. The Labute approximate surface area is 57.3 Å². The number of halogens is 3. The van der Waals surface area contributed by atoms with Gasteiger partial charge in [0, 0.05) is 0 Å². The summed E-state index contributed by atoms with van der Waals surface area (Å²) in [6.45, 7) is 1.77. The number of hydrogen-bond donors (Lipinski definition) is 0. The van der Waals surface area contributed by atoms with Crippen LogP contribution in [0.15, 0.2) is 12.7 Å². The maximum atomic E-state index is 12.1. The van der Waals surface area contributed by atoms with Crippen molar-refractivity contribution in [3.8, 4) is 0 Å². The Balaban J connectivity index is 3.44. The van der Waals surface area contributed by atoms with Crippen molar-refractivity contribution in [3.63, 3.8) is 0 Å². The summed E-state index contributed by atoms with van der Waals surface area (Å²) in [5, 5.41) is -2.67. The van der Waals surface area contributed by atoms with Gasteiger partial charge in [-0.1, -0.05) is 6.08 Å². The van der Waals surface area contributed by atoms with Crippen LogP contribution in [0.4, 0.5) is 8.78 Å². The van der Waals surface area contributed by atoms with Crippen molar-refractivity contribution in [1.29, 1.82) is 0 Å². The van der Waals surface area contributed by atoms with Gasteiger partial charge in [-0.05, 0) is 11.6 Å². The molecule has 4 heteroatoms. The quantitative estimate of drug-likeness (QED) is 0.447. The minimum atomic E-state index is -2.67. The first-order valence-electron chi connectivity index (χ1n) is 2.31. The molecule has 1 unspecified atom stereocenters. The van der Waals surface area contributed by atoms with Gasteiger partial charge < -0.3 is 4.74 Å². The second-order valence-electron chi connectivity index (χ2n) is 1.37. The maximum Gasteiger partial charge on any atom is 0.315 e. The fourth-order valence-corrected chi connectivity index (χ4v) is 0.282. The van der Waals surface area contributed by atoms with Gasteiger partial charge >= 0.3 is 5.31 Å². The monoisotopic (exact) mass is 156 g/mol. The van der Waals surface area contributed by atoms with Crippen molar-refractivity contribution in [2.24, 2.45) is 0 Å². The van der Waals surface area contributed by atoms with Gasteiger partial charge in [-0.3, -0.25) is 0 Å². The molecule has 1 atom stereocenters. The molecule has 0 aliphatic heterocycles. The molecule has 0 radical (unpaired) electrons. The van der Waals surface area contributed by atoms with E-state index in [0.717, 1.165) is 0 Å². The van der Waals surface area contributed by atoms with Crippen LogP contribution in [-0.2, 0) is 4.74 Å². The smallest absolute Gasteiger partial charge is 0.315 e. The molecule has 0 saturated heterocycles. The molecule has 0 aromatic heterocycles. The minimum absolute atomic E-state index is 0.0933. The zero-order valence-corrected chi connectivity index (χ0v) is 5.50. The van der Waals surface area contributed by atoms with Crippen LogP contribution in [0.5, 0.6) is 0 Å². The van der Waals surface area contributed by atoms with Crippen LogP contribution in [-0.4, -0.2) is 18.6 Å². The van der Waals surface area contributed by atoms with Crippen LogP contribution in [0.2, 0.25) is 0 Å². The first-order chi connectivity index (χ1) is 4.12. The van der Waals surface area contributed by atoms with Gasteiger partial charge in [-0.15, -0.1) is 6.58 Å². The van der Waals surface area contributed by atoms with Crippen LogP contribution < -0.4 is 0 Å². The molecule has 0 aromatic carbocycles. The maximum absolute atomic E-state index is 12.1. The molecule has 0 amide bonds. The van der Waals surface area contributed by atoms with Crippen LogP contribution in [0.3, 0.4) is 0 Å². The Morgan fingerprint density at radius 1 is 1.78 bits per heavy atom. The number of rotatable bonds is 4. The minimum Gasteiger partial charge on any atom is -0.328 e. The van der Waals surface area contributed by atoms with Gasteiger partial charge in [0.05, 0.1) is 6.61 Å². The van der Waals surface area contributed by atoms with Gasteiger partial charge in [-0.25, -0.2) is 4.39 Å². The van der Waals surface area contributed by atoms with E-state index in [9.17, 15) is 8.78 Å². The van der Waals surface area contributed by atoms with Gasteiger partial charge in [0.1, 0.15) is 0 Å². The topological polar surface area (TPSA) is 9.23 Å². The largest absolute Gasteiger partial charge is 0.328 e. The highest BCUT2D eigenvalue weighted by Crippen LogP contribution is 2.18. The van der Waals surface area contributed by atoms with Crippen molar-refractivity contribution < 1.29 is 13.5 Å². The summed E-state index contributed by atoms with van der Waals surface area (Å²) in [5.41, 5.74) is 0. The Hall–Kier alpha value is -0.150. The van der Waals surface area contributed by atoms with E-state index in [1.807, 2.05) is 0 Å². The lowest BCUT2D eigenvalue weighted by molar-refractivity contribution is -0.0782. The molecular formula is C5H7ClF2O. The highest BCUT2D eigenvalue weighted by atomic mass is 35.5. The third-order valence-electron chi connectivity index (χ3n) is 0.568. The van der Waals surface area contributed by atoms with Crippen molar-refractivity contribution in [2.45, 2.75) is 5.31 Å². The second-order valence-corrected chi connectivity index (χ2v) is 1.94. The third kappa shape index (κ3) is 4.36. The average Bonchev–Trinajstić information content (AvgIpc) is 1.84. The fourth-order valence-electron chi connectivity index (χ4n) is 0.219. The van der Waals surface area contributed by atoms with Crippen molar-refractivity contribution in [3.05, 3.63) is 12.7 Å². The zero-order chi connectivity index (χ0) is 7.33. The normalized spacial score (nSPS) is 16.8. The summed E-state index contributed by atoms with van der Waals surface area (Å²) in [4.78, 5) is 0. The van der Waals surface area contributed by atoms with E-state index >= 15 is 0 Å². The molecule has 0 fully saturated rings. The molecule has 0 heterocycles. The van der Waals surface area contributed by atoms with Crippen LogP contribution >= 0.6 is 11.6 Å². The summed E-state index contributed by atoms with van der Waals surface area (Å²) in [6, 6.07) is 0. The van der Waals surface area contributed by atoms with Crippen molar-refractivity contribution >= 4 is 11.6 Å². The summed E-state index contributed by atoms with van der Waals surface area (Å²) in [6.07, 6.45) is 1.28. The highest BCUT2D eigenvalue weighted by Gasteiger charge is 2.26. The lowest BCUT2D eigenvalue weighted by Crippen LogP contribution is -2.21. The standard InChI is InChI=1S/C5H7ClF2O/c1-2-3-9-5(6,8)4-7/h2H,1,3-4H2. The second kappa shape index (κ2) is 3.80. The molecule has 54 valence electrons. The molecule has 0 rings (SSSR count). The van der Waals surface area contributed by atoms with E-state index in [2.05, 4.69) is 11.3 Å². The summed E-state index contributed by atoms with van der Waals surface area (Å²) >= 11 is 4.79. The zero-order valence-electron chi connectivity index (χ0n) is 4.74. The predicted octanol–water partition coefficient (Wildman–Crippen LogP) is 2.02. The van der Waals surface area contributed by atoms with E-state index in [0.29, 0.717) is 0 Å². The van der Waals surface area contributed by atoms with Gasteiger partial charge in [-0.2, -0.15) is 4.39 Å². The molecule has 0 aliphatic carbocycles. The molecule has 0 N–H and O–H groups in total. The lowest BCUT2D eigenvalue weighted by Gasteiger charge is -2.11. The molecular weight excluding hydrogens is 150 g/mol. The van der Waals surface area contributed by atoms with Gasteiger partial charge in [0.25, 0.3) is 0 Å². The van der Waals surface area contributed by atoms with Gasteiger partial charge in [0.15, 0.2) is 6.67 Å². The molecule has 0 bridgehead atoms. The van der Waals surface area contributed by atoms with E-state index in [4.69, 9.17) is 11.6 Å². The Bertz CT molecular complexity index is 95.0.